The highest BCUT2D eigenvalue weighted by molar-refractivity contribution is 6.07. The van der Waals surface area contributed by atoms with Crippen LogP contribution in [0.3, 0.4) is 0 Å². The molecule has 3 heterocycles. The molecule has 118 valence electrons. The first kappa shape index (κ1) is 14.1. The molecule has 0 spiro atoms. The third-order valence-corrected chi connectivity index (χ3v) is 4.47. The fourth-order valence-corrected chi connectivity index (χ4v) is 3.10. The Morgan fingerprint density at radius 2 is 2.00 bits per heavy atom. The summed E-state index contributed by atoms with van der Waals surface area (Å²) in [5.74, 6) is 0.863. The van der Waals surface area contributed by atoms with Gasteiger partial charge in [0, 0.05) is 23.5 Å². The number of hydrogen-bond acceptors (Lipinski definition) is 2. The molecule has 5 heteroatoms. The van der Waals surface area contributed by atoms with E-state index in [1.807, 2.05) is 16.8 Å². The van der Waals surface area contributed by atoms with E-state index < -0.39 is 0 Å². The summed E-state index contributed by atoms with van der Waals surface area (Å²) in [6, 6.07) is 10.2. The molecule has 2 aromatic heterocycles. The lowest BCUT2D eigenvalue weighted by Gasteiger charge is -2.18. The highest BCUT2D eigenvalue weighted by Gasteiger charge is 2.27. The Kier molecular flexibility index (Phi) is 2.88. The molecule has 3 aromatic rings. The standard InChI is InChI=1S/C18H20N4O/c1-18(2,3)13-4-5-14-12(10-13)11-15(20-14)17(23)21-8-9-22-16(21)6-7-19-22/h4-7,10-11,20H,8-9H2,1-3H3. The second-order valence-electron chi connectivity index (χ2n) is 7.10. The van der Waals surface area contributed by atoms with Crippen LogP contribution in [0.2, 0.25) is 0 Å². The summed E-state index contributed by atoms with van der Waals surface area (Å²) < 4.78 is 1.86. The number of rotatable bonds is 1. The maximum Gasteiger partial charge on any atom is 0.275 e. The molecule has 0 unspecified atom stereocenters. The molecule has 23 heavy (non-hydrogen) atoms. The SMILES string of the molecule is CC(C)(C)c1ccc2[nH]c(C(=O)N3CCn4nccc43)cc2c1. The predicted octanol–water partition coefficient (Wildman–Crippen LogP) is 3.32. The summed E-state index contributed by atoms with van der Waals surface area (Å²) in [6.45, 7) is 8.00. The number of nitrogens with one attached hydrogen (secondary N) is 1. The molecular formula is C18H20N4O. The second-order valence-corrected chi connectivity index (χ2v) is 7.10. The van der Waals surface area contributed by atoms with Gasteiger partial charge in [0.05, 0.1) is 12.7 Å². The van der Waals surface area contributed by atoms with Gasteiger partial charge in [0.1, 0.15) is 11.5 Å². The minimum Gasteiger partial charge on any atom is -0.351 e. The zero-order valence-electron chi connectivity index (χ0n) is 13.6. The van der Waals surface area contributed by atoms with Crippen molar-refractivity contribution in [2.75, 3.05) is 11.4 Å². The molecule has 1 aromatic carbocycles. The zero-order chi connectivity index (χ0) is 16.2. The fourth-order valence-electron chi connectivity index (χ4n) is 3.10. The van der Waals surface area contributed by atoms with Gasteiger partial charge in [-0.15, -0.1) is 0 Å². The van der Waals surface area contributed by atoms with E-state index in [2.05, 4.69) is 49.1 Å². The number of aromatic nitrogens is 3. The molecule has 0 atom stereocenters. The van der Waals surface area contributed by atoms with Crippen molar-refractivity contribution in [1.29, 1.82) is 0 Å². The summed E-state index contributed by atoms with van der Waals surface area (Å²) in [6.07, 6.45) is 1.73. The van der Waals surface area contributed by atoms with E-state index in [1.54, 1.807) is 11.1 Å². The van der Waals surface area contributed by atoms with Gasteiger partial charge in [-0.3, -0.25) is 9.69 Å². The van der Waals surface area contributed by atoms with Crippen LogP contribution in [0.4, 0.5) is 5.82 Å². The van der Waals surface area contributed by atoms with E-state index >= 15 is 0 Å². The van der Waals surface area contributed by atoms with Crippen LogP contribution >= 0.6 is 0 Å². The smallest absolute Gasteiger partial charge is 0.275 e. The van der Waals surface area contributed by atoms with E-state index in [1.165, 1.54) is 5.56 Å². The molecule has 0 aliphatic carbocycles. The molecule has 1 N–H and O–H groups in total. The van der Waals surface area contributed by atoms with Crippen molar-refractivity contribution in [3.05, 3.63) is 47.8 Å². The molecular weight excluding hydrogens is 288 g/mol. The van der Waals surface area contributed by atoms with Crippen molar-refractivity contribution in [1.82, 2.24) is 14.8 Å². The number of benzene rings is 1. The van der Waals surface area contributed by atoms with E-state index in [0.717, 1.165) is 23.3 Å². The second kappa shape index (κ2) is 4.72. The molecule has 5 nitrogen and oxygen atoms in total. The van der Waals surface area contributed by atoms with Crippen LogP contribution in [0.5, 0.6) is 0 Å². The minimum absolute atomic E-state index is 0.00208. The van der Waals surface area contributed by atoms with Gasteiger partial charge in [-0.2, -0.15) is 5.10 Å². The van der Waals surface area contributed by atoms with Gasteiger partial charge in [-0.1, -0.05) is 26.8 Å². The lowest BCUT2D eigenvalue weighted by atomic mass is 9.86. The number of hydrogen-bond donors (Lipinski definition) is 1. The largest absolute Gasteiger partial charge is 0.351 e. The van der Waals surface area contributed by atoms with Crippen molar-refractivity contribution in [3.63, 3.8) is 0 Å². The van der Waals surface area contributed by atoms with Crippen LogP contribution in [0.25, 0.3) is 10.9 Å². The minimum atomic E-state index is -0.00208. The van der Waals surface area contributed by atoms with E-state index in [-0.39, 0.29) is 11.3 Å². The van der Waals surface area contributed by atoms with E-state index in [4.69, 9.17) is 0 Å². The topological polar surface area (TPSA) is 53.9 Å². The highest BCUT2D eigenvalue weighted by atomic mass is 16.2. The maximum absolute atomic E-state index is 12.8. The first-order valence-electron chi connectivity index (χ1n) is 7.90. The summed E-state index contributed by atoms with van der Waals surface area (Å²) in [4.78, 5) is 17.8. The molecule has 1 aliphatic rings. The Bertz CT molecular complexity index is 897. The lowest BCUT2D eigenvalue weighted by Crippen LogP contribution is -2.29. The average Bonchev–Trinajstić information content (AvgIpc) is 3.19. The Hall–Kier alpha value is -2.56. The van der Waals surface area contributed by atoms with Crippen LogP contribution in [0.15, 0.2) is 36.5 Å². The monoisotopic (exact) mass is 308 g/mol. The summed E-state index contributed by atoms with van der Waals surface area (Å²) in [5, 5.41) is 5.29. The van der Waals surface area contributed by atoms with Gasteiger partial charge >= 0.3 is 0 Å². The van der Waals surface area contributed by atoms with E-state index in [0.29, 0.717) is 12.2 Å². The lowest BCUT2D eigenvalue weighted by molar-refractivity contribution is 0.0985. The first-order chi connectivity index (χ1) is 10.9. The van der Waals surface area contributed by atoms with Crippen molar-refractivity contribution in [3.8, 4) is 0 Å². The van der Waals surface area contributed by atoms with Crippen LogP contribution in [0, 0.1) is 0 Å². The van der Waals surface area contributed by atoms with Gasteiger partial charge in [-0.05, 0) is 29.2 Å². The van der Waals surface area contributed by atoms with Gasteiger partial charge in [0.2, 0.25) is 0 Å². The molecule has 0 radical (unpaired) electrons. The van der Waals surface area contributed by atoms with E-state index in [9.17, 15) is 4.79 Å². The van der Waals surface area contributed by atoms with Gasteiger partial charge in [-0.25, -0.2) is 4.68 Å². The van der Waals surface area contributed by atoms with Gasteiger partial charge in [0.15, 0.2) is 0 Å². The highest BCUT2D eigenvalue weighted by Crippen LogP contribution is 2.28. The number of fused-ring (bicyclic) bond motifs is 2. The molecule has 0 saturated carbocycles. The van der Waals surface area contributed by atoms with Crippen LogP contribution in [0.1, 0.15) is 36.8 Å². The number of amides is 1. The average molecular weight is 308 g/mol. The Morgan fingerprint density at radius 1 is 1.17 bits per heavy atom. The summed E-state index contributed by atoms with van der Waals surface area (Å²) in [7, 11) is 0. The number of H-pyrrole nitrogens is 1. The molecule has 1 aliphatic heterocycles. The Labute approximate surface area is 134 Å². The summed E-state index contributed by atoms with van der Waals surface area (Å²) >= 11 is 0. The number of nitrogens with zero attached hydrogens (tertiary/aromatic N) is 3. The Balaban J connectivity index is 1.71. The van der Waals surface area contributed by atoms with Crippen LogP contribution in [-0.4, -0.2) is 27.2 Å². The summed E-state index contributed by atoms with van der Waals surface area (Å²) in [5.41, 5.74) is 2.98. The first-order valence-corrected chi connectivity index (χ1v) is 7.90. The normalized spacial score (nSPS) is 14.5. The third-order valence-electron chi connectivity index (χ3n) is 4.47. The van der Waals surface area contributed by atoms with Gasteiger partial charge in [0.25, 0.3) is 5.91 Å². The van der Waals surface area contributed by atoms with Crippen molar-refractivity contribution in [2.45, 2.75) is 32.7 Å². The van der Waals surface area contributed by atoms with Crippen molar-refractivity contribution >= 4 is 22.6 Å². The fraction of sp³-hybridized carbons (Fsp3) is 0.333. The number of aromatic amines is 1. The molecule has 4 rings (SSSR count). The maximum atomic E-state index is 12.8. The van der Waals surface area contributed by atoms with Crippen LogP contribution < -0.4 is 4.90 Å². The van der Waals surface area contributed by atoms with Crippen molar-refractivity contribution < 1.29 is 4.79 Å². The van der Waals surface area contributed by atoms with Crippen LogP contribution in [-0.2, 0) is 12.0 Å². The van der Waals surface area contributed by atoms with Crippen molar-refractivity contribution in [2.24, 2.45) is 0 Å². The third kappa shape index (κ3) is 2.23. The molecule has 0 saturated heterocycles. The number of carbonyl (C=O) groups excluding carboxylic acids is 1. The Morgan fingerprint density at radius 3 is 2.78 bits per heavy atom. The molecule has 0 fully saturated rings. The number of carbonyl (C=O) groups is 1. The molecule has 1 amide bonds. The zero-order valence-corrected chi connectivity index (χ0v) is 13.6. The molecule has 0 bridgehead atoms. The predicted molar refractivity (Wildman–Crippen MR) is 90.9 cm³/mol. The quantitative estimate of drug-likeness (QED) is 0.750. The van der Waals surface area contributed by atoms with Gasteiger partial charge < -0.3 is 4.98 Å². The number of anilines is 1.